The normalized spacial score (nSPS) is 21.6. The molecule has 4 heteroatoms. The van der Waals surface area contributed by atoms with Crippen LogP contribution >= 0.6 is 0 Å². The molecule has 94 valence electrons. The first-order valence-electron chi connectivity index (χ1n) is 6.00. The van der Waals surface area contributed by atoms with Gasteiger partial charge in [-0.2, -0.15) is 0 Å². The molecule has 0 saturated carbocycles. The van der Waals surface area contributed by atoms with Crippen molar-refractivity contribution in [1.29, 1.82) is 0 Å². The highest BCUT2D eigenvalue weighted by molar-refractivity contribution is 5.40. The summed E-state index contributed by atoms with van der Waals surface area (Å²) in [6, 6.07) is 4.61. The molecule has 1 aromatic rings. The number of hydrogen-bond donors (Lipinski definition) is 3. The molecule has 2 rings (SSSR count). The van der Waals surface area contributed by atoms with Gasteiger partial charge in [-0.25, -0.2) is 0 Å². The van der Waals surface area contributed by atoms with Crippen LogP contribution in [0.15, 0.2) is 18.2 Å². The van der Waals surface area contributed by atoms with Gasteiger partial charge in [0.1, 0.15) is 11.5 Å². The lowest BCUT2D eigenvalue weighted by molar-refractivity contribution is 0.184. The van der Waals surface area contributed by atoms with Crippen LogP contribution in [0, 0.1) is 5.92 Å². The Labute approximate surface area is 101 Å². The van der Waals surface area contributed by atoms with Crippen molar-refractivity contribution in [2.45, 2.75) is 19.4 Å². The second kappa shape index (κ2) is 5.38. The molecule has 0 aliphatic carbocycles. The first kappa shape index (κ1) is 12.2. The predicted octanol–water partition coefficient (Wildman–Crippen LogP) is 1.78. The van der Waals surface area contributed by atoms with Crippen molar-refractivity contribution in [2.75, 3.05) is 19.8 Å². The van der Waals surface area contributed by atoms with E-state index in [1.165, 1.54) is 12.1 Å². The molecule has 3 N–H and O–H groups in total. The molecule has 0 amide bonds. The highest BCUT2D eigenvalue weighted by Crippen LogP contribution is 2.27. The van der Waals surface area contributed by atoms with Crippen LogP contribution in [0.2, 0.25) is 0 Å². The summed E-state index contributed by atoms with van der Waals surface area (Å²) >= 11 is 0. The lowest BCUT2D eigenvalue weighted by Gasteiger charge is -2.18. The van der Waals surface area contributed by atoms with Crippen molar-refractivity contribution in [1.82, 2.24) is 5.32 Å². The van der Waals surface area contributed by atoms with E-state index in [9.17, 15) is 10.2 Å². The topological polar surface area (TPSA) is 61.7 Å². The van der Waals surface area contributed by atoms with Crippen LogP contribution < -0.4 is 5.32 Å². The SMILES string of the molecule is CC(NCC1CCOC1)c1cc(O)ccc1O. The van der Waals surface area contributed by atoms with Crippen molar-refractivity contribution in [3.63, 3.8) is 0 Å². The molecule has 2 unspecified atom stereocenters. The van der Waals surface area contributed by atoms with E-state index in [-0.39, 0.29) is 17.5 Å². The Balaban J connectivity index is 1.93. The van der Waals surface area contributed by atoms with Crippen LogP contribution in [0.3, 0.4) is 0 Å². The van der Waals surface area contributed by atoms with Gasteiger partial charge in [-0.15, -0.1) is 0 Å². The first-order valence-corrected chi connectivity index (χ1v) is 6.00. The lowest BCUT2D eigenvalue weighted by atomic mass is 10.0. The average Bonchev–Trinajstić information content (AvgIpc) is 2.82. The summed E-state index contributed by atoms with van der Waals surface area (Å²) in [5, 5.41) is 22.5. The predicted molar refractivity (Wildman–Crippen MR) is 65.1 cm³/mol. The van der Waals surface area contributed by atoms with Gasteiger partial charge in [-0.05, 0) is 37.5 Å². The van der Waals surface area contributed by atoms with Gasteiger partial charge in [-0.3, -0.25) is 0 Å². The van der Waals surface area contributed by atoms with Gasteiger partial charge in [0.25, 0.3) is 0 Å². The number of benzene rings is 1. The van der Waals surface area contributed by atoms with Crippen LogP contribution in [-0.4, -0.2) is 30.0 Å². The van der Waals surface area contributed by atoms with Gasteiger partial charge in [0.05, 0.1) is 6.61 Å². The molecule has 4 nitrogen and oxygen atoms in total. The Morgan fingerprint density at radius 1 is 1.47 bits per heavy atom. The molecule has 1 aliphatic heterocycles. The van der Waals surface area contributed by atoms with Crippen LogP contribution in [-0.2, 0) is 4.74 Å². The number of phenolic OH excluding ortho intramolecular Hbond substituents is 2. The van der Waals surface area contributed by atoms with Crippen molar-refractivity contribution in [3.8, 4) is 11.5 Å². The smallest absolute Gasteiger partial charge is 0.120 e. The molecule has 17 heavy (non-hydrogen) atoms. The van der Waals surface area contributed by atoms with Crippen LogP contribution in [0.4, 0.5) is 0 Å². The summed E-state index contributed by atoms with van der Waals surface area (Å²) < 4.78 is 5.31. The fraction of sp³-hybridized carbons (Fsp3) is 0.538. The molecule has 0 aromatic heterocycles. The van der Waals surface area contributed by atoms with E-state index in [1.807, 2.05) is 6.92 Å². The standard InChI is InChI=1S/C13H19NO3/c1-9(14-7-10-4-5-17-8-10)12-6-11(15)2-3-13(12)16/h2-3,6,9-10,14-16H,4-5,7-8H2,1H3. The summed E-state index contributed by atoms with van der Waals surface area (Å²) in [4.78, 5) is 0. The molecule has 0 spiro atoms. The largest absolute Gasteiger partial charge is 0.508 e. The zero-order valence-corrected chi connectivity index (χ0v) is 10.0. The summed E-state index contributed by atoms with van der Waals surface area (Å²) in [7, 11) is 0. The molecule has 1 aliphatic rings. The van der Waals surface area contributed by atoms with Gasteiger partial charge in [-0.1, -0.05) is 0 Å². The Morgan fingerprint density at radius 2 is 2.29 bits per heavy atom. The number of hydrogen-bond acceptors (Lipinski definition) is 4. The van der Waals surface area contributed by atoms with Crippen LogP contribution in [0.5, 0.6) is 11.5 Å². The number of ether oxygens (including phenoxy) is 1. The maximum atomic E-state index is 9.72. The van der Waals surface area contributed by atoms with Crippen molar-refractivity contribution in [2.24, 2.45) is 5.92 Å². The fourth-order valence-corrected chi connectivity index (χ4v) is 2.09. The van der Waals surface area contributed by atoms with Gasteiger partial charge in [0.15, 0.2) is 0 Å². The minimum Gasteiger partial charge on any atom is -0.508 e. The molecular weight excluding hydrogens is 218 g/mol. The Kier molecular flexibility index (Phi) is 3.86. The second-order valence-corrected chi connectivity index (χ2v) is 4.60. The Hall–Kier alpha value is -1.26. The molecule has 1 fully saturated rings. The average molecular weight is 237 g/mol. The maximum Gasteiger partial charge on any atom is 0.120 e. The number of nitrogens with one attached hydrogen (secondary N) is 1. The summed E-state index contributed by atoms with van der Waals surface area (Å²) in [6.07, 6.45) is 1.09. The molecule has 1 heterocycles. The minimum atomic E-state index is 0.0164. The third-order valence-corrected chi connectivity index (χ3v) is 3.21. The quantitative estimate of drug-likeness (QED) is 0.699. The maximum absolute atomic E-state index is 9.72. The summed E-state index contributed by atoms with van der Waals surface area (Å²) in [5.74, 6) is 0.943. The monoisotopic (exact) mass is 237 g/mol. The fourth-order valence-electron chi connectivity index (χ4n) is 2.09. The summed E-state index contributed by atoms with van der Waals surface area (Å²) in [5.41, 5.74) is 0.726. The molecular formula is C13H19NO3. The van der Waals surface area contributed by atoms with Crippen LogP contribution in [0.1, 0.15) is 24.9 Å². The molecule has 1 saturated heterocycles. The zero-order valence-electron chi connectivity index (χ0n) is 10.0. The van der Waals surface area contributed by atoms with E-state index in [2.05, 4.69) is 5.32 Å². The molecule has 0 bridgehead atoms. The van der Waals surface area contributed by atoms with Gasteiger partial charge < -0.3 is 20.3 Å². The first-order chi connectivity index (χ1) is 8.16. The molecule has 2 atom stereocenters. The van der Waals surface area contributed by atoms with E-state index < -0.39 is 0 Å². The number of rotatable bonds is 4. The lowest BCUT2D eigenvalue weighted by Crippen LogP contribution is -2.26. The van der Waals surface area contributed by atoms with E-state index in [0.717, 1.165) is 31.7 Å². The minimum absolute atomic E-state index is 0.0164. The molecule has 0 radical (unpaired) electrons. The van der Waals surface area contributed by atoms with Gasteiger partial charge >= 0.3 is 0 Å². The van der Waals surface area contributed by atoms with E-state index in [0.29, 0.717) is 5.92 Å². The van der Waals surface area contributed by atoms with Gasteiger partial charge in [0.2, 0.25) is 0 Å². The zero-order chi connectivity index (χ0) is 12.3. The Morgan fingerprint density at radius 3 is 3.00 bits per heavy atom. The highest BCUT2D eigenvalue weighted by atomic mass is 16.5. The highest BCUT2D eigenvalue weighted by Gasteiger charge is 2.17. The van der Waals surface area contributed by atoms with E-state index in [1.54, 1.807) is 6.07 Å². The summed E-state index contributed by atoms with van der Waals surface area (Å²) in [6.45, 7) is 4.50. The van der Waals surface area contributed by atoms with Gasteiger partial charge in [0, 0.05) is 24.8 Å². The van der Waals surface area contributed by atoms with E-state index >= 15 is 0 Å². The number of phenols is 2. The van der Waals surface area contributed by atoms with Crippen molar-refractivity contribution in [3.05, 3.63) is 23.8 Å². The van der Waals surface area contributed by atoms with Crippen LogP contribution in [0.25, 0.3) is 0 Å². The van der Waals surface area contributed by atoms with Crippen molar-refractivity contribution < 1.29 is 14.9 Å². The molecule has 1 aromatic carbocycles. The van der Waals surface area contributed by atoms with Crippen molar-refractivity contribution >= 4 is 0 Å². The third kappa shape index (κ3) is 3.11. The third-order valence-electron chi connectivity index (χ3n) is 3.21. The second-order valence-electron chi connectivity index (χ2n) is 4.60. The Bertz CT molecular complexity index is 375. The van der Waals surface area contributed by atoms with E-state index in [4.69, 9.17) is 4.74 Å². The number of aromatic hydroxyl groups is 2.